The fourth-order valence-electron chi connectivity index (χ4n) is 2.15. The van der Waals surface area contributed by atoms with E-state index in [1.54, 1.807) is 13.0 Å². The van der Waals surface area contributed by atoms with Crippen LogP contribution in [0.3, 0.4) is 0 Å². The molecule has 10 heteroatoms. The van der Waals surface area contributed by atoms with Crippen LogP contribution in [0.4, 0.5) is 5.13 Å². The summed E-state index contributed by atoms with van der Waals surface area (Å²) in [6.07, 6.45) is 1.13. The number of hydrogen-bond acceptors (Lipinski definition) is 7. The van der Waals surface area contributed by atoms with Crippen molar-refractivity contribution in [3.8, 4) is 0 Å². The van der Waals surface area contributed by atoms with Crippen molar-refractivity contribution in [3.05, 3.63) is 46.4 Å². The third kappa shape index (κ3) is 3.59. The number of amides is 1. The number of hydrogen-bond donors (Lipinski definition) is 1. The molecule has 0 saturated heterocycles. The SMILES string of the molecule is CCn1nc(C(=O)Nc2nc3ccc(S(C)(=O)=O)cc3s2)ccc1=O. The summed E-state index contributed by atoms with van der Waals surface area (Å²) in [4.78, 5) is 28.3. The number of anilines is 1. The van der Waals surface area contributed by atoms with Crippen LogP contribution in [0, 0.1) is 0 Å². The summed E-state index contributed by atoms with van der Waals surface area (Å²) in [6.45, 7) is 2.11. The molecule has 0 saturated carbocycles. The fourth-order valence-corrected chi connectivity index (χ4v) is 3.77. The lowest BCUT2D eigenvalue weighted by atomic mass is 10.3. The molecule has 0 aliphatic heterocycles. The molecule has 0 radical (unpaired) electrons. The molecule has 0 atom stereocenters. The zero-order chi connectivity index (χ0) is 18.2. The minimum Gasteiger partial charge on any atom is -0.296 e. The highest BCUT2D eigenvalue weighted by Crippen LogP contribution is 2.28. The summed E-state index contributed by atoms with van der Waals surface area (Å²) in [5, 5.41) is 6.92. The van der Waals surface area contributed by atoms with Gasteiger partial charge in [0.25, 0.3) is 11.5 Å². The van der Waals surface area contributed by atoms with Crippen molar-refractivity contribution in [2.45, 2.75) is 18.4 Å². The molecule has 0 bridgehead atoms. The highest BCUT2D eigenvalue weighted by atomic mass is 32.2. The summed E-state index contributed by atoms with van der Waals surface area (Å²) in [5.74, 6) is -0.496. The molecular weight excluding hydrogens is 364 g/mol. The first-order valence-electron chi connectivity index (χ1n) is 7.28. The third-order valence-electron chi connectivity index (χ3n) is 3.41. The average molecular weight is 378 g/mol. The van der Waals surface area contributed by atoms with Gasteiger partial charge in [-0.05, 0) is 31.2 Å². The molecule has 0 spiro atoms. The Labute approximate surface area is 147 Å². The number of nitrogens with one attached hydrogen (secondary N) is 1. The first-order valence-corrected chi connectivity index (χ1v) is 9.99. The summed E-state index contributed by atoms with van der Waals surface area (Å²) in [7, 11) is -3.31. The zero-order valence-corrected chi connectivity index (χ0v) is 15.0. The lowest BCUT2D eigenvalue weighted by Gasteiger charge is -2.03. The van der Waals surface area contributed by atoms with Crippen LogP contribution in [0.15, 0.2) is 40.0 Å². The van der Waals surface area contributed by atoms with Crippen LogP contribution < -0.4 is 10.9 Å². The first-order chi connectivity index (χ1) is 11.8. The molecule has 0 aliphatic carbocycles. The second-order valence-corrected chi connectivity index (χ2v) is 8.29. The Morgan fingerprint density at radius 2 is 2.04 bits per heavy atom. The second-order valence-electron chi connectivity index (χ2n) is 5.25. The molecule has 2 heterocycles. The Morgan fingerprint density at radius 3 is 2.72 bits per heavy atom. The minimum atomic E-state index is -3.31. The Hall–Kier alpha value is -2.59. The van der Waals surface area contributed by atoms with Crippen molar-refractivity contribution in [1.82, 2.24) is 14.8 Å². The van der Waals surface area contributed by atoms with Gasteiger partial charge in [-0.2, -0.15) is 5.10 Å². The smallest absolute Gasteiger partial charge is 0.277 e. The van der Waals surface area contributed by atoms with Crippen LogP contribution in [0.5, 0.6) is 0 Å². The Morgan fingerprint density at radius 1 is 1.28 bits per heavy atom. The van der Waals surface area contributed by atoms with Crippen LogP contribution in [-0.4, -0.2) is 35.3 Å². The number of benzene rings is 1. The predicted octanol–water partition coefficient (Wildman–Crippen LogP) is 1.53. The Bertz CT molecular complexity index is 1130. The van der Waals surface area contributed by atoms with E-state index < -0.39 is 15.7 Å². The van der Waals surface area contributed by atoms with Gasteiger partial charge in [-0.25, -0.2) is 18.1 Å². The van der Waals surface area contributed by atoms with Gasteiger partial charge in [0, 0.05) is 18.9 Å². The van der Waals surface area contributed by atoms with Gasteiger partial charge in [0.1, 0.15) is 5.69 Å². The number of carbonyl (C=O) groups excluding carboxylic acids is 1. The highest BCUT2D eigenvalue weighted by molar-refractivity contribution is 7.90. The van der Waals surface area contributed by atoms with Crippen LogP contribution in [0.1, 0.15) is 17.4 Å². The number of fused-ring (bicyclic) bond motifs is 1. The molecular formula is C15H14N4O4S2. The second kappa shape index (κ2) is 6.37. The maximum atomic E-state index is 12.3. The van der Waals surface area contributed by atoms with E-state index in [4.69, 9.17) is 0 Å². The van der Waals surface area contributed by atoms with Gasteiger partial charge in [0.2, 0.25) is 0 Å². The van der Waals surface area contributed by atoms with E-state index in [1.165, 1.54) is 28.9 Å². The maximum absolute atomic E-state index is 12.3. The van der Waals surface area contributed by atoms with E-state index in [2.05, 4.69) is 15.4 Å². The van der Waals surface area contributed by atoms with Gasteiger partial charge < -0.3 is 0 Å². The lowest BCUT2D eigenvalue weighted by molar-refractivity contribution is 0.102. The monoisotopic (exact) mass is 378 g/mol. The Kier molecular flexibility index (Phi) is 4.39. The fraction of sp³-hybridized carbons (Fsp3) is 0.200. The molecule has 1 N–H and O–H groups in total. The van der Waals surface area contributed by atoms with E-state index in [9.17, 15) is 18.0 Å². The molecule has 0 aliphatic rings. The normalized spacial score (nSPS) is 11.6. The molecule has 0 fully saturated rings. The van der Waals surface area contributed by atoms with E-state index in [-0.39, 0.29) is 16.1 Å². The summed E-state index contributed by atoms with van der Waals surface area (Å²) in [6, 6.07) is 7.21. The topological polar surface area (TPSA) is 111 Å². The van der Waals surface area contributed by atoms with E-state index in [1.807, 2.05) is 0 Å². The molecule has 1 amide bonds. The van der Waals surface area contributed by atoms with E-state index in [0.29, 0.717) is 21.9 Å². The minimum absolute atomic E-state index is 0.0949. The average Bonchev–Trinajstić information content (AvgIpc) is 2.95. The Balaban J connectivity index is 1.90. The van der Waals surface area contributed by atoms with Crippen molar-refractivity contribution in [3.63, 3.8) is 0 Å². The standard InChI is InChI=1S/C15H14N4O4S2/c1-3-19-13(20)7-6-11(18-19)14(21)17-15-16-10-5-4-9(25(2,22)23)8-12(10)24-15/h4-8H,3H2,1-2H3,(H,16,17,21). The van der Waals surface area contributed by atoms with Crippen LogP contribution in [-0.2, 0) is 16.4 Å². The predicted molar refractivity (Wildman–Crippen MR) is 94.9 cm³/mol. The van der Waals surface area contributed by atoms with Gasteiger partial charge >= 0.3 is 0 Å². The molecule has 2 aromatic heterocycles. The number of nitrogens with zero attached hydrogens (tertiary/aromatic N) is 3. The molecule has 3 aromatic rings. The van der Waals surface area contributed by atoms with E-state index >= 15 is 0 Å². The number of aryl methyl sites for hydroxylation is 1. The van der Waals surface area contributed by atoms with Crippen LogP contribution >= 0.6 is 11.3 Å². The van der Waals surface area contributed by atoms with Gasteiger partial charge in [-0.1, -0.05) is 11.3 Å². The van der Waals surface area contributed by atoms with Crippen LogP contribution in [0.25, 0.3) is 10.2 Å². The molecule has 1 aromatic carbocycles. The molecule has 130 valence electrons. The number of aromatic nitrogens is 3. The van der Waals surface area contributed by atoms with Crippen molar-refractivity contribution in [1.29, 1.82) is 0 Å². The molecule has 25 heavy (non-hydrogen) atoms. The van der Waals surface area contributed by atoms with Gasteiger partial charge in [0.05, 0.1) is 15.1 Å². The van der Waals surface area contributed by atoms with Crippen molar-refractivity contribution in [2.24, 2.45) is 0 Å². The number of carbonyl (C=O) groups is 1. The lowest BCUT2D eigenvalue weighted by Crippen LogP contribution is -2.25. The van der Waals surface area contributed by atoms with Gasteiger partial charge in [0.15, 0.2) is 15.0 Å². The van der Waals surface area contributed by atoms with E-state index in [0.717, 1.165) is 17.6 Å². The number of thiazole rings is 1. The number of sulfone groups is 1. The summed E-state index contributed by atoms with van der Waals surface area (Å²) in [5.41, 5.74) is 0.393. The zero-order valence-electron chi connectivity index (χ0n) is 13.4. The third-order valence-corrected chi connectivity index (χ3v) is 5.45. The number of rotatable bonds is 4. The maximum Gasteiger partial charge on any atom is 0.277 e. The first kappa shape index (κ1) is 17.2. The van der Waals surface area contributed by atoms with Gasteiger partial charge in [-0.15, -0.1) is 0 Å². The summed E-state index contributed by atoms with van der Waals surface area (Å²) >= 11 is 1.16. The molecule has 8 nitrogen and oxygen atoms in total. The van der Waals surface area contributed by atoms with Gasteiger partial charge in [-0.3, -0.25) is 14.9 Å². The molecule has 0 unspecified atom stereocenters. The quantitative estimate of drug-likeness (QED) is 0.737. The molecule has 3 rings (SSSR count). The largest absolute Gasteiger partial charge is 0.296 e. The van der Waals surface area contributed by atoms with Crippen molar-refractivity contribution in [2.75, 3.05) is 11.6 Å². The van der Waals surface area contributed by atoms with Crippen molar-refractivity contribution < 1.29 is 13.2 Å². The van der Waals surface area contributed by atoms with Crippen molar-refractivity contribution >= 4 is 42.4 Å². The highest BCUT2D eigenvalue weighted by Gasteiger charge is 2.14. The summed E-state index contributed by atoms with van der Waals surface area (Å²) < 4.78 is 25.1. The van der Waals surface area contributed by atoms with Crippen LogP contribution in [0.2, 0.25) is 0 Å².